The van der Waals surface area contributed by atoms with Crippen LogP contribution in [0.1, 0.15) is 6.92 Å². The lowest BCUT2D eigenvalue weighted by Gasteiger charge is -2.35. The van der Waals surface area contributed by atoms with E-state index in [1.54, 1.807) is 24.3 Å². The van der Waals surface area contributed by atoms with Crippen molar-refractivity contribution in [2.45, 2.75) is 11.8 Å². The first-order valence-corrected chi connectivity index (χ1v) is 9.87. The van der Waals surface area contributed by atoms with Gasteiger partial charge in [-0.05, 0) is 43.4 Å². The standard InChI is InChI=1S/C15H20BrN3O2S2/c1-12(2)11-17-15(22)18-7-9-19(10-8-18)23(20,21)14-5-3-13(16)4-6-14/h3-6H,1,7-11H2,2H3,(H,17,22). The van der Waals surface area contributed by atoms with E-state index in [0.29, 0.717) is 42.7 Å². The molecule has 1 aromatic rings. The molecule has 1 heterocycles. The normalized spacial score (nSPS) is 16.2. The zero-order valence-electron chi connectivity index (χ0n) is 13.0. The van der Waals surface area contributed by atoms with Crippen molar-refractivity contribution < 1.29 is 8.42 Å². The Morgan fingerprint density at radius 1 is 1.26 bits per heavy atom. The Morgan fingerprint density at radius 3 is 2.35 bits per heavy atom. The molecule has 5 nitrogen and oxygen atoms in total. The highest BCUT2D eigenvalue weighted by molar-refractivity contribution is 9.10. The lowest BCUT2D eigenvalue weighted by Crippen LogP contribution is -2.53. The Kier molecular flexibility index (Phi) is 6.19. The lowest BCUT2D eigenvalue weighted by atomic mass is 10.3. The van der Waals surface area contributed by atoms with Gasteiger partial charge in [-0.2, -0.15) is 4.31 Å². The minimum atomic E-state index is -3.45. The van der Waals surface area contributed by atoms with Crippen LogP contribution in [0.4, 0.5) is 0 Å². The summed E-state index contributed by atoms with van der Waals surface area (Å²) in [6.07, 6.45) is 0. The van der Waals surface area contributed by atoms with Crippen LogP contribution in [0.25, 0.3) is 0 Å². The third-order valence-electron chi connectivity index (χ3n) is 3.52. The van der Waals surface area contributed by atoms with Gasteiger partial charge < -0.3 is 10.2 Å². The number of nitrogens with one attached hydrogen (secondary N) is 1. The molecule has 126 valence electrons. The van der Waals surface area contributed by atoms with Gasteiger partial charge in [-0.3, -0.25) is 0 Å². The third-order valence-corrected chi connectivity index (χ3v) is 6.36. The minimum absolute atomic E-state index is 0.317. The fourth-order valence-corrected chi connectivity index (χ4v) is 4.17. The summed E-state index contributed by atoms with van der Waals surface area (Å²) in [6.45, 7) is 8.40. The van der Waals surface area contributed by atoms with Gasteiger partial charge in [0.15, 0.2) is 5.11 Å². The first-order chi connectivity index (χ1) is 10.8. The second kappa shape index (κ2) is 7.74. The summed E-state index contributed by atoms with van der Waals surface area (Å²) in [4.78, 5) is 2.31. The number of hydrogen-bond acceptors (Lipinski definition) is 3. The topological polar surface area (TPSA) is 52.6 Å². The third kappa shape index (κ3) is 4.76. The largest absolute Gasteiger partial charge is 0.359 e. The Labute approximate surface area is 151 Å². The quantitative estimate of drug-likeness (QED) is 0.600. The summed E-state index contributed by atoms with van der Waals surface area (Å²) in [5, 5.41) is 3.77. The first-order valence-electron chi connectivity index (χ1n) is 7.23. The average Bonchev–Trinajstić information content (AvgIpc) is 2.53. The van der Waals surface area contributed by atoms with Crippen LogP contribution in [0.2, 0.25) is 0 Å². The van der Waals surface area contributed by atoms with Gasteiger partial charge in [0.2, 0.25) is 10.0 Å². The van der Waals surface area contributed by atoms with E-state index >= 15 is 0 Å². The Balaban J connectivity index is 1.97. The Bertz CT molecular complexity index is 681. The Hall–Kier alpha value is -0.960. The second-order valence-electron chi connectivity index (χ2n) is 5.46. The summed E-state index contributed by atoms with van der Waals surface area (Å²) < 4.78 is 27.6. The van der Waals surface area contributed by atoms with Crippen LogP contribution in [0.5, 0.6) is 0 Å². The molecule has 0 unspecified atom stereocenters. The number of nitrogens with zero attached hydrogens (tertiary/aromatic N) is 2. The van der Waals surface area contributed by atoms with Gasteiger partial charge in [-0.15, -0.1) is 0 Å². The van der Waals surface area contributed by atoms with E-state index in [1.165, 1.54) is 4.31 Å². The van der Waals surface area contributed by atoms with E-state index in [9.17, 15) is 8.42 Å². The molecule has 23 heavy (non-hydrogen) atoms. The van der Waals surface area contributed by atoms with Gasteiger partial charge in [0, 0.05) is 37.2 Å². The molecular formula is C15H20BrN3O2S2. The van der Waals surface area contributed by atoms with E-state index in [-0.39, 0.29) is 0 Å². The summed E-state index contributed by atoms with van der Waals surface area (Å²) >= 11 is 8.65. The molecule has 0 bridgehead atoms. The van der Waals surface area contributed by atoms with Crippen LogP contribution in [0.3, 0.4) is 0 Å². The first kappa shape index (κ1) is 18.4. The van der Waals surface area contributed by atoms with Gasteiger partial charge in [-0.1, -0.05) is 28.1 Å². The lowest BCUT2D eigenvalue weighted by molar-refractivity contribution is 0.264. The van der Waals surface area contributed by atoms with Crippen molar-refractivity contribution in [1.82, 2.24) is 14.5 Å². The van der Waals surface area contributed by atoms with Crippen LogP contribution in [-0.4, -0.2) is 55.5 Å². The van der Waals surface area contributed by atoms with Crippen molar-refractivity contribution >= 4 is 43.3 Å². The molecule has 2 rings (SSSR count). The Morgan fingerprint density at radius 2 is 1.83 bits per heavy atom. The summed E-state index contributed by atoms with van der Waals surface area (Å²) in [5.41, 5.74) is 1.00. The molecule has 1 fully saturated rings. The zero-order chi connectivity index (χ0) is 17.0. The fourth-order valence-electron chi connectivity index (χ4n) is 2.23. The van der Waals surface area contributed by atoms with Crippen molar-refractivity contribution in [1.29, 1.82) is 0 Å². The minimum Gasteiger partial charge on any atom is -0.359 e. The number of hydrogen-bond donors (Lipinski definition) is 1. The van der Waals surface area contributed by atoms with Crippen molar-refractivity contribution in [3.05, 3.63) is 40.9 Å². The number of benzene rings is 1. The van der Waals surface area contributed by atoms with Gasteiger partial charge in [0.05, 0.1) is 4.90 Å². The highest BCUT2D eigenvalue weighted by atomic mass is 79.9. The molecule has 0 amide bonds. The molecule has 0 aliphatic carbocycles. The predicted molar refractivity (Wildman–Crippen MR) is 99.9 cm³/mol. The molecular weight excluding hydrogens is 398 g/mol. The maximum Gasteiger partial charge on any atom is 0.243 e. The van der Waals surface area contributed by atoms with Crippen molar-refractivity contribution in [3.63, 3.8) is 0 Å². The number of thiocarbonyl (C=S) groups is 1. The van der Waals surface area contributed by atoms with Gasteiger partial charge in [-0.25, -0.2) is 8.42 Å². The predicted octanol–water partition coefficient (Wildman–Crippen LogP) is 2.21. The van der Waals surface area contributed by atoms with E-state index < -0.39 is 10.0 Å². The van der Waals surface area contributed by atoms with Crippen LogP contribution in [0.15, 0.2) is 45.8 Å². The smallest absolute Gasteiger partial charge is 0.243 e. The highest BCUT2D eigenvalue weighted by Gasteiger charge is 2.29. The monoisotopic (exact) mass is 417 g/mol. The van der Waals surface area contributed by atoms with Gasteiger partial charge in [0.25, 0.3) is 0 Å². The van der Waals surface area contributed by atoms with Crippen LogP contribution in [0, 0.1) is 0 Å². The summed E-state index contributed by atoms with van der Waals surface area (Å²) in [6, 6.07) is 6.70. The molecule has 0 aromatic heterocycles. The van der Waals surface area contributed by atoms with Crippen molar-refractivity contribution in [2.24, 2.45) is 0 Å². The average molecular weight is 418 g/mol. The van der Waals surface area contributed by atoms with Crippen LogP contribution >= 0.6 is 28.1 Å². The molecule has 8 heteroatoms. The second-order valence-corrected chi connectivity index (χ2v) is 8.70. The molecule has 0 radical (unpaired) electrons. The SMILES string of the molecule is C=C(C)CNC(=S)N1CCN(S(=O)(=O)c2ccc(Br)cc2)CC1. The molecule has 1 saturated heterocycles. The maximum atomic E-state index is 12.6. The molecule has 0 spiro atoms. The molecule has 1 aliphatic rings. The van der Waals surface area contributed by atoms with Crippen molar-refractivity contribution in [2.75, 3.05) is 32.7 Å². The maximum absolute atomic E-state index is 12.6. The number of piperazine rings is 1. The van der Waals surface area contributed by atoms with E-state index in [4.69, 9.17) is 12.2 Å². The van der Waals surface area contributed by atoms with Gasteiger partial charge >= 0.3 is 0 Å². The van der Waals surface area contributed by atoms with Crippen LogP contribution in [-0.2, 0) is 10.0 Å². The fraction of sp³-hybridized carbons (Fsp3) is 0.400. The number of halogens is 1. The molecule has 1 aromatic carbocycles. The molecule has 0 atom stereocenters. The van der Waals surface area contributed by atoms with Crippen LogP contribution < -0.4 is 5.32 Å². The van der Waals surface area contributed by atoms with E-state index in [0.717, 1.165) is 10.0 Å². The number of sulfonamides is 1. The van der Waals surface area contributed by atoms with Crippen molar-refractivity contribution in [3.8, 4) is 0 Å². The van der Waals surface area contributed by atoms with E-state index in [1.807, 2.05) is 11.8 Å². The van der Waals surface area contributed by atoms with Gasteiger partial charge in [0.1, 0.15) is 0 Å². The molecule has 0 saturated carbocycles. The molecule has 1 aliphatic heterocycles. The number of rotatable bonds is 4. The highest BCUT2D eigenvalue weighted by Crippen LogP contribution is 2.20. The zero-order valence-corrected chi connectivity index (χ0v) is 16.2. The molecule has 1 N–H and O–H groups in total. The summed E-state index contributed by atoms with van der Waals surface area (Å²) in [5.74, 6) is 0. The summed E-state index contributed by atoms with van der Waals surface area (Å²) in [7, 11) is -3.45. The van der Waals surface area contributed by atoms with E-state index in [2.05, 4.69) is 27.8 Å².